The molecule has 0 fully saturated rings. The number of hydrogen-bond donors (Lipinski definition) is 2. The van der Waals surface area contributed by atoms with Gasteiger partial charge in [0, 0.05) is 0 Å². The Kier molecular flexibility index (Phi) is 3.43. The number of aromatic nitrogens is 2. The lowest BCUT2D eigenvalue weighted by Gasteiger charge is -2.15. The summed E-state index contributed by atoms with van der Waals surface area (Å²) >= 11 is 0. The molecule has 1 heterocycles. The molecule has 2 N–H and O–H groups in total. The van der Waals surface area contributed by atoms with Crippen LogP contribution in [0.15, 0.2) is 27.8 Å². The van der Waals surface area contributed by atoms with E-state index in [0.717, 1.165) is 16.7 Å². The molecule has 2 aromatic rings. The monoisotopic (exact) mass is 287 g/mol. The van der Waals surface area contributed by atoms with Gasteiger partial charge in [0.2, 0.25) is 0 Å². The first-order chi connectivity index (χ1) is 9.27. The smallest absolute Gasteiger partial charge is 0.307 e. The minimum atomic E-state index is -4.67. The molecule has 2 rings (SSSR count). The van der Waals surface area contributed by atoms with E-state index in [9.17, 15) is 22.8 Å². The second-order valence-electron chi connectivity index (χ2n) is 4.30. The number of hydrogen-bond acceptors (Lipinski definition) is 3. The fraction of sp³-hybridized carbons (Fsp3) is 0.333. The normalized spacial score (nSPS) is 13.7. The first-order valence-electron chi connectivity index (χ1n) is 5.79. The first kappa shape index (κ1) is 14.3. The third-order valence-electron chi connectivity index (χ3n) is 3.07. The van der Waals surface area contributed by atoms with Crippen LogP contribution in [0.3, 0.4) is 0 Å². The Morgan fingerprint density at radius 1 is 1.30 bits per heavy atom. The highest BCUT2D eigenvalue weighted by Gasteiger charge is 2.34. The van der Waals surface area contributed by atoms with Crippen LogP contribution in [0.4, 0.5) is 13.2 Å². The van der Waals surface area contributed by atoms with Gasteiger partial charge in [0.05, 0.1) is 22.6 Å². The van der Waals surface area contributed by atoms with E-state index in [1.165, 1.54) is 20.0 Å². The van der Waals surface area contributed by atoms with Gasteiger partial charge >= 0.3 is 11.9 Å². The van der Waals surface area contributed by atoms with Crippen molar-refractivity contribution in [1.82, 2.24) is 14.9 Å². The number of rotatable bonds is 2. The minimum Gasteiger partial charge on any atom is -0.307 e. The third kappa shape index (κ3) is 2.22. The summed E-state index contributed by atoms with van der Waals surface area (Å²) in [6.45, 7) is 1.50. The Balaban J connectivity index is 2.96. The third-order valence-corrected chi connectivity index (χ3v) is 3.07. The molecule has 0 saturated carbocycles. The Morgan fingerprint density at radius 3 is 2.50 bits per heavy atom. The molecule has 5 nitrogen and oxygen atoms in total. The van der Waals surface area contributed by atoms with E-state index in [1.54, 1.807) is 0 Å². The van der Waals surface area contributed by atoms with Crippen molar-refractivity contribution in [3.63, 3.8) is 0 Å². The summed E-state index contributed by atoms with van der Waals surface area (Å²) in [5.41, 5.74) is -2.93. The number of benzene rings is 1. The van der Waals surface area contributed by atoms with Gasteiger partial charge in [-0.3, -0.25) is 4.79 Å². The number of H-pyrrole nitrogens is 1. The van der Waals surface area contributed by atoms with E-state index in [2.05, 4.69) is 10.3 Å². The lowest BCUT2D eigenvalue weighted by atomic mass is 10.1. The second-order valence-corrected chi connectivity index (χ2v) is 4.30. The molecule has 1 unspecified atom stereocenters. The lowest BCUT2D eigenvalue weighted by molar-refractivity contribution is -0.136. The van der Waals surface area contributed by atoms with Gasteiger partial charge in [-0.05, 0) is 26.1 Å². The maximum atomic E-state index is 13.0. The molecular weight excluding hydrogens is 275 g/mol. The van der Waals surface area contributed by atoms with Crippen molar-refractivity contribution in [3.8, 4) is 0 Å². The maximum absolute atomic E-state index is 13.0. The zero-order valence-corrected chi connectivity index (χ0v) is 10.7. The molecule has 0 spiro atoms. The number of aromatic amines is 1. The molecule has 0 saturated heterocycles. The molecule has 108 valence electrons. The molecule has 20 heavy (non-hydrogen) atoms. The summed E-state index contributed by atoms with van der Waals surface area (Å²) in [4.78, 5) is 26.3. The van der Waals surface area contributed by atoms with Gasteiger partial charge in [0.25, 0.3) is 5.56 Å². The standard InChI is InChI=1S/C12H12F3N3O2/c1-6(16-2)18-10(19)9-7(12(13,14)15)4-3-5-8(9)17-11(18)20/h3-6,16H,1-2H3,(H,17,20). The van der Waals surface area contributed by atoms with Crippen molar-refractivity contribution in [2.24, 2.45) is 0 Å². The number of fused-ring (bicyclic) bond motifs is 1. The van der Waals surface area contributed by atoms with Gasteiger partial charge in [0.15, 0.2) is 0 Å². The number of alkyl halides is 3. The molecule has 8 heteroatoms. The topological polar surface area (TPSA) is 66.9 Å². The average Bonchev–Trinajstić information content (AvgIpc) is 2.36. The fourth-order valence-electron chi connectivity index (χ4n) is 1.99. The molecule has 1 aromatic heterocycles. The summed E-state index contributed by atoms with van der Waals surface area (Å²) in [6, 6.07) is 3.23. The van der Waals surface area contributed by atoms with Crippen LogP contribution in [0.2, 0.25) is 0 Å². The summed E-state index contributed by atoms with van der Waals surface area (Å²) < 4.78 is 39.6. The maximum Gasteiger partial charge on any atom is 0.417 e. The fourth-order valence-corrected chi connectivity index (χ4v) is 1.99. The van der Waals surface area contributed by atoms with Crippen molar-refractivity contribution in [2.75, 3.05) is 7.05 Å². The van der Waals surface area contributed by atoms with Crippen LogP contribution < -0.4 is 16.6 Å². The first-order valence-corrected chi connectivity index (χ1v) is 5.79. The number of halogens is 3. The van der Waals surface area contributed by atoms with Crippen LogP contribution in [0.5, 0.6) is 0 Å². The summed E-state index contributed by atoms with van der Waals surface area (Å²) in [5.74, 6) is 0. The van der Waals surface area contributed by atoms with Crippen LogP contribution in [0.1, 0.15) is 18.7 Å². The van der Waals surface area contributed by atoms with E-state index < -0.39 is 34.5 Å². The van der Waals surface area contributed by atoms with Crippen LogP contribution in [0, 0.1) is 0 Å². The SMILES string of the molecule is CNC(C)n1c(=O)[nH]c2cccc(C(F)(F)F)c2c1=O. The molecule has 1 aromatic carbocycles. The van der Waals surface area contributed by atoms with Crippen LogP contribution in [-0.4, -0.2) is 16.6 Å². The van der Waals surface area contributed by atoms with Crippen molar-refractivity contribution in [3.05, 3.63) is 44.6 Å². The average molecular weight is 287 g/mol. The van der Waals surface area contributed by atoms with Gasteiger partial charge in [-0.25, -0.2) is 9.36 Å². The van der Waals surface area contributed by atoms with Gasteiger partial charge in [0.1, 0.15) is 0 Å². The van der Waals surface area contributed by atoms with E-state index in [4.69, 9.17) is 0 Å². The molecule has 0 bridgehead atoms. The highest BCUT2D eigenvalue weighted by molar-refractivity contribution is 5.81. The predicted octanol–water partition coefficient (Wildman–Crippen LogP) is 1.45. The Hall–Kier alpha value is -2.09. The van der Waals surface area contributed by atoms with Crippen molar-refractivity contribution < 1.29 is 13.2 Å². The Morgan fingerprint density at radius 2 is 1.95 bits per heavy atom. The molecule has 0 aliphatic carbocycles. The minimum absolute atomic E-state index is 0.130. The molecule has 0 aliphatic rings. The summed E-state index contributed by atoms with van der Waals surface area (Å²) in [5, 5.41) is 2.11. The van der Waals surface area contributed by atoms with Crippen LogP contribution in [0.25, 0.3) is 10.9 Å². The van der Waals surface area contributed by atoms with Gasteiger partial charge < -0.3 is 10.3 Å². The Labute approximate surface area is 111 Å². The lowest BCUT2D eigenvalue weighted by Crippen LogP contribution is -2.41. The van der Waals surface area contributed by atoms with Crippen LogP contribution in [-0.2, 0) is 6.18 Å². The molecule has 0 radical (unpaired) electrons. The van der Waals surface area contributed by atoms with Gasteiger partial charge in [-0.1, -0.05) is 6.07 Å². The zero-order chi connectivity index (χ0) is 15.1. The highest BCUT2D eigenvalue weighted by Crippen LogP contribution is 2.32. The highest BCUT2D eigenvalue weighted by atomic mass is 19.4. The van der Waals surface area contributed by atoms with Crippen molar-refractivity contribution >= 4 is 10.9 Å². The quantitative estimate of drug-likeness (QED) is 0.878. The van der Waals surface area contributed by atoms with E-state index in [0.29, 0.717) is 0 Å². The summed E-state index contributed by atoms with van der Waals surface area (Å²) in [7, 11) is 1.50. The molecule has 0 amide bonds. The molecule has 1 atom stereocenters. The van der Waals surface area contributed by atoms with E-state index in [1.807, 2.05) is 0 Å². The van der Waals surface area contributed by atoms with E-state index >= 15 is 0 Å². The van der Waals surface area contributed by atoms with E-state index in [-0.39, 0.29) is 5.52 Å². The zero-order valence-electron chi connectivity index (χ0n) is 10.7. The number of nitrogens with zero attached hydrogens (tertiary/aromatic N) is 1. The van der Waals surface area contributed by atoms with Crippen molar-refractivity contribution in [1.29, 1.82) is 0 Å². The second kappa shape index (κ2) is 4.78. The van der Waals surface area contributed by atoms with Crippen LogP contribution >= 0.6 is 0 Å². The molecule has 0 aliphatic heterocycles. The Bertz CT molecular complexity index is 761. The van der Waals surface area contributed by atoms with Crippen molar-refractivity contribution in [2.45, 2.75) is 19.3 Å². The van der Waals surface area contributed by atoms with Gasteiger partial charge in [-0.15, -0.1) is 0 Å². The number of nitrogens with one attached hydrogen (secondary N) is 2. The predicted molar refractivity (Wildman–Crippen MR) is 67.6 cm³/mol. The largest absolute Gasteiger partial charge is 0.417 e. The van der Waals surface area contributed by atoms with Gasteiger partial charge in [-0.2, -0.15) is 13.2 Å². The summed E-state index contributed by atoms with van der Waals surface area (Å²) in [6.07, 6.45) is -5.39. The molecular formula is C12H12F3N3O2.